The molecule has 2 aromatic rings. The molecular formula is C16H13NO4S. The molecule has 112 valence electrons. The molecule has 5 nitrogen and oxygen atoms in total. The predicted molar refractivity (Wildman–Crippen MR) is 81.7 cm³/mol. The van der Waals surface area contributed by atoms with E-state index < -0.39 is 15.9 Å². The van der Waals surface area contributed by atoms with Gasteiger partial charge in [0.15, 0.2) is 0 Å². The zero-order chi connectivity index (χ0) is 15.6. The lowest BCUT2D eigenvalue weighted by Gasteiger charge is -2.17. The number of fused-ring (bicyclic) bond motifs is 1. The molecule has 0 aliphatic carbocycles. The van der Waals surface area contributed by atoms with Gasteiger partial charge in [0.2, 0.25) is 0 Å². The first-order valence-electron chi connectivity index (χ1n) is 6.61. The Kier molecular flexibility index (Phi) is 3.68. The summed E-state index contributed by atoms with van der Waals surface area (Å²) in [6.45, 7) is 0.0349. The Hall–Kier alpha value is -2.60. The molecule has 0 spiro atoms. The number of rotatable bonds is 3. The molecule has 1 heterocycles. The van der Waals surface area contributed by atoms with Gasteiger partial charge >= 0.3 is 0 Å². The van der Waals surface area contributed by atoms with Crippen molar-refractivity contribution in [1.82, 2.24) is 4.72 Å². The summed E-state index contributed by atoms with van der Waals surface area (Å²) in [7, 11) is -3.88. The van der Waals surface area contributed by atoms with Crippen molar-refractivity contribution < 1.29 is 17.9 Å². The van der Waals surface area contributed by atoms with Gasteiger partial charge in [-0.2, -0.15) is 0 Å². The molecular weight excluding hydrogens is 302 g/mol. The summed E-state index contributed by atoms with van der Waals surface area (Å²) in [6.07, 6.45) is 1.63. The Bertz CT molecular complexity index is 841. The fraction of sp³-hybridized carbons (Fsp3) is 0.0625. The maximum Gasteiger partial charge on any atom is 0.264 e. The molecule has 0 fully saturated rings. The molecule has 0 saturated carbocycles. The average Bonchev–Trinajstić information content (AvgIpc) is 2.55. The Morgan fingerprint density at radius 1 is 1.00 bits per heavy atom. The fourth-order valence-electron chi connectivity index (χ4n) is 2.09. The zero-order valence-corrected chi connectivity index (χ0v) is 12.3. The first-order chi connectivity index (χ1) is 10.6. The maximum atomic E-state index is 12.2. The molecule has 1 N–H and O–H groups in total. The normalized spacial score (nSPS) is 13.5. The topological polar surface area (TPSA) is 72.5 Å². The minimum absolute atomic E-state index is 0.0349. The number of carbonyl (C=O) groups is 1. The largest absolute Gasteiger partial charge is 0.488 e. The smallest absolute Gasteiger partial charge is 0.264 e. The van der Waals surface area contributed by atoms with Gasteiger partial charge in [-0.25, -0.2) is 13.1 Å². The zero-order valence-electron chi connectivity index (χ0n) is 11.5. The van der Waals surface area contributed by atoms with Crippen molar-refractivity contribution in [3.05, 3.63) is 65.7 Å². The lowest BCUT2D eigenvalue weighted by molar-refractivity contribution is -0.116. The van der Waals surface area contributed by atoms with Gasteiger partial charge in [0.1, 0.15) is 12.4 Å². The summed E-state index contributed by atoms with van der Waals surface area (Å²) in [5.74, 6) is -0.0108. The highest BCUT2D eigenvalue weighted by Gasteiger charge is 2.22. The van der Waals surface area contributed by atoms with Gasteiger partial charge in [0, 0.05) is 5.56 Å². The minimum atomic E-state index is -3.88. The molecule has 0 radical (unpaired) electrons. The van der Waals surface area contributed by atoms with E-state index in [-0.39, 0.29) is 17.1 Å². The van der Waals surface area contributed by atoms with E-state index in [0.29, 0.717) is 5.75 Å². The molecule has 1 amide bonds. The van der Waals surface area contributed by atoms with Gasteiger partial charge in [-0.1, -0.05) is 36.4 Å². The van der Waals surface area contributed by atoms with E-state index in [9.17, 15) is 13.2 Å². The van der Waals surface area contributed by atoms with Gasteiger partial charge in [0.05, 0.1) is 10.5 Å². The number of hydrogen-bond donors (Lipinski definition) is 1. The highest BCUT2D eigenvalue weighted by Crippen LogP contribution is 2.25. The number of amides is 1. The Morgan fingerprint density at radius 3 is 2.45 bits per heavy atom. The van der Waals surface area contributed by atoms with Crippen molar-refractivity contribution in [1.29, 1.82) is 0 Å². The van der Waals surface area contributed by atoms with E-state index in [1.165, 1.54) is 12.1 Å². The third-order valence-corrected chi connectivity index (χ3v) is 4.55. The first-order valence-corrected chi connectivity index (χ1v) is 8.09. The number of benzene rings is 2. The van der Waals surface area contributed by atoms with Crippen LogP contribution in [0.25, 0.3) is 6.08 Å². The number of sulfonamides is 1. The summed E-state index contributed by atoms with van der Waals surface area (Å²) < 4.78 is 31.8. The Morgan fingerprint density at radius 2 is 1.68 bits per heavy atom. The van der Waals surface area contributed by atoms with Crippen molar-refractivity contribution in [2.75, 3.05) is 6.61 Å². The van der Waals surface area contributed by atoms with E-state index >= 15 is 0 Å². The monoisotopic (exact) mass is 315 g/mol. The van der Waals surface area contributed by atoms with Crippen LogP contribution in [-0.4, -0.2) is 20.9 Å². The van der Waals surface area contributed by atoms with Crippen LogP contribution in [0.1, 0.15) is 5.56 Å². The SMILES string of the molecule is O=C(NS(=O)(=O)c1ccccc1)C1=Cc2ccccc2OC1. The highest BCUT2D eigenvalue weighted by atomic mass is 32.2. The minimum Gasteiger partial charge on any atom is -0.488 e. The predicted octanol–water partition coefficient (Wildman–Crippen LogP) is 1.97. The molecule has 0 atom stereocenters. The fourth-order valence-corrected chi connectivity index (χ4v) is 3.10. The van der Waals surface area contributed by atoms with Crippen molar-refractivity contribution in [3.63, 3.8) is 0 Å². The van der Waals surface area contributed by atoms with Crippen LogP contribution < -0.4 is 9.46 Å². The number of nitrogens with one attached hydrogen (secondary N) is 1. The van der Waals surface area contributed by atoms with Crippen LogP contribution in [0.2, 0.25) is 0 Å². The van der Waals surface area contributed by atoms with Crippen molar-refractivity contribution in [2.24, 2.45) is 0 Å². The van der Waals surface area contributed by atoms with E-state index in [1.807, 2.05) is 12.1 Å². The summed E-state index contributed by atoms with van der Waals surface area (Å²) in [5, 5.41) is 0. The molecule has 1 aliphatic rings. The summed E-state index contributed by atoms with van der Waals surface area (Å²) in [4.78, 5) is 12.2. The van der Waals surface area contributed by atoms with Crippen LogP contribution in [0, 0.1) is 0 Å². The van der Waals surface area contributed by atoms with Gasteiger partial charge in [-0.05, 0) is 24.3 Å². The van der Waals surface area contributed by atoms with Crippen molar-refractivity contribution in [3.8, 4) is 5.75 Å². The van der Waals surface area contributed by atoms with Crippen LogP contribution in [0.4, 0.5) is 0 Å². The second-order valence-electron chi connectivity index (χ2n) is 4.74. The number of carbonyl (C=O) groups excluding carboxylic acids is 1. The quantitative estimate of drug-likeness (QED) is 0.940. The molecule has 0 unspecified atom stereocenters. The number of para-hydroxylation sites is 1. The van der Waals surface area contributed by atoms with E-state index in [2.05, 4.69) is 4.72 Å². The first kappa shape index (κ1) is 14.3. The van der Waals surface area contributed by atoms with Crippen LogP contribution in [0.15, 0.2) is 65.1 Å². The Labute approximate surface area is 128 Å². The number of hydrogen-bond acceptors (Lipinski definition) is 4. The van der Waals surface area contributed by atoms with Crippen LogP contribution in [0.3, 0.4) is 0 Å². The maximum absolute atomic E-state index is 12.2. The third-order valence-electron chi connectivity index (χ3n) is 3.20. The molecule has 22 heavy (non-hydrogen) atoms. The third kappa shape index (κ3) is 2.87. The van der Waals surface area contributed by atoms with Gasteiger partial charge in [0.25, 0.3) is 15.9 Å². The number of ether oxygens (including phenoxy) is 1. The average molecular weight is 315 g/mol. The second-order valence-corrected chi connectivity index (χ2v) is 6.43. The lowest BCUT2D eigenvalue weighted by Crippen LogP contribution is -2.33. The molecule has 2 aromatic carbocycles. The van der Waals surface area contributed by atoms with Crippen LogP contribution in [-0.2, 0) is 14.8 Å². The second kappa shape index (κ2) is 5.65. The highest BCUT2D eigenvalue weighted by molar-refractivity contribution is 7.90. The molecule has 6 heteroatoms. The van der Waals surface area contributed by atoms with Gasteiger partial charge in [-0.15, -0.1) is 0 Å². The van der Waals surface area contributed by atoms with Crippen LogP contribution in [0.5, 0.6) is 5.75 Å². The van der Waals surface area contributed by atoms with E-state index in [0.717, 1.165) is 5.56 Å². The molecule has 0 bridgehead atoms. The molecule has 1 aliphatic heterocycles. The summed E-state index contributed by atoms with van der Waals surface area (Å²) in [5.41, 5.74) is 1.01. The molecule has 0 aromatic heterocycles. The van der Waals surface area contributed by atoms with Crippen LogP contribution >= 0.6 is 0 Å². The molecule has 3 rings (SSSR count). The lowest BCUT2D eigenvalue weighted by atomic mass is 10.1. The van der Waals surface area contributed by atoms with Gasteiger partial charge < -0.3 is 4.74 Å². The molecule has 0 saturated heterocycles. The van der Waals surface area contributed by atoms with Gasteiger partial charge in [-0.3, -0.25) is 4.79 Å². The van der Waals surface area contributed by atoms with E-state index in [1.54, 1.807) is 36.4 Å². The standard InChI is InChI=1S/C16H13NO4S/c18-16(17-22(19,20)14-7-2-1-3-8-14)13-10-12-6-4-5-9-15(12)21-11-13/h1-10H,11H2,(H,17,18). The van der Waals surface area contributed by atoms with Crippen molar-refractivity contribution >= 4 is 22.0 Å². The van der Waals surface area contributed by atoms with Crippen molar-refractivity contribution in [2.45, 2.75) is 4.90 Å². The Balaban J connectivity index is 1.83. The van der Waals surface area contributed by atoms with E-state index in [4.69, 9.17) is 4.74 Å². The summed E-state index contributed by atoms with van der Waals surface area (Å²) in [6, 6.07) is 15.0. The summed E-state index contributed by atoms with van der Waals surface area (Å²) >= 11 is 0.